The first kappa shape index (κ1) is 12.6. The van der Waals surface area contributed by atoms with Crippen LogP contribution in [-0.2, 0) is 0 Å². The lowest BCUT2D eigenvalue weighted by molar-refractivity contribution is 0.0956. The van der Waals surface area contributed by atoms with E-state index in [0.717, 1.165) is 18.4 Å². The minimum absolute atomic E-state index is 0.100. The molecule has 16 heavy (non-hydrogen) atoms. The number of ketones is 1. The Labute approximate surface area is 96.0 Å². The van der Waals surface area contributed by atoms with Crippen molar-refractivity contribution in [3.05, 3.63) is 23.4 Å². The molecule has 0 radical (unpaired) electrons. The molecule has 1 rings (SSSR count). The largest absolute Gasteiger partial charge is 0.383 e. The Morgan fingerprint density at radius 2 is 2.25 bits per heavy atom. The van der Waals surface area contributed by atoms with E-state index in [1.54, 1.807) is 12.3 Å². The number of unbranched alkanes of at least 4 members (excludes halogenated alkanes) is 1. The van der Waals surface area contributed by atoms with Gasteiger partial charge in [-0.3, -0.25) is 4.79 Å². The van der Waals surface area contributed by atoms with Crippen molar-refractivity contribution < 1.29 is 4.79 Å². The molecule has 1 aromatic heterocycles. The number of Topliss-reactive ketones (excluding diaryl/α,β-unsaturated/α-hetero) is 1. The number of nitrogens with two attached hydrogens (primary N) is 2. The molecule has 4 N–H and O–H groups in total. The number of nitrogens with zero attached hydrogens (tertiary/aromatic N) is 1. The molecule has 0 aromatic carbocycles. The lowest BCUT2D eigenvalue weighted by Crippen LogP contribution is -2.31. The number of carbonyl (C=O) groups excluding carboxylic acids is 1. The molecule has 0 aliphatic heterocycles. The lowest BCUT2D eigenvalue weighted by Gasteiger charge is -2.13. The predicted molar refractivity (Wildman–Crippen MR) is 65.2 cm³/mol. The van der Waals surface area contributed by atoms with Crippen LogP contribution in [0.2, 0.25) is 0 Å². The highest BCUT2D eigenvalue weighted by molar-refractivity contribution is 6.04. The van der Waals surface area contributed by atoms with Gasteiger partial charge in [-0.25, -0.2) is 4.98 Å². The van der Waals surface area contributed by atoms with Crippen LogP contribution < -0.4 is 11.5 Å². The molecule has 1 aromatic rings. The fraction of sp³-hybridized carbons (Fsp3) is 0.500. The maximum absolute atomic E-state index is 12.0. The summed E-state index contributed by atoms with van der Waals surface area (Å²) in [5, 5.41) is 0. The first-order valence-electron chi connectivity index (χ1n) is 5.58. The van der Waals surface area contributed by atoms with Gasteiger partial charge in [-0.2, -0.15) is 0 Å². The van der Waals surface area contributed by atoms with Gasteiger partial charge in [-0.05, 0) is 25.0 Å². The Bertz CT molecular complexity index is 356. The van der Waals surface area contributed by atoms with Crippen molar-refractivity contribution in [3.8, 4) is 0 Å². The predicted octanol–water partition coefficient (Wildman–Crippen LogP) is 1.67. The van der Waals surface area contributed by atoms with E-state index < -0.39 is 6.04 Å². The van der Waals surface area contributed by atoms with Gasteiger partial charge in [-0.15, -0.1) is 0 Å². The molecule has 1 atom stereocenters. The summed E-state index contributed by atoms with van der Waals surface area (Å²) in [5.74, 6) is 0.175. The van der Waals surface area contributed by atoms with E-state index in [9.17, 15) is 4.79 Å². The van der Waals surface area contributed by atoms with Crippen molar-refractivity contribution in [2.45, 2.75) is 39.2 Å². The van der Waals surface area contributed by atoms with E-state index in [1.807, 2.05) is 6.92 Å². The molecule has 4 nitrogen and oxygen atoms in total. The molecule has 0 aliphatic rings. The van der Waals surface area contributed by atoms with Crippen LogP contribution in [-0.4, -0.2) is 16.8 Å². The highest BCUT2D eigenvalue weighted by atomic mass is 16.1. The molecule has 0 bridgehead atoms. The summed E-state index contributed by atoms with van der Waals surface area (Å²) in [7, 11) is 0. The molecule has 4 heteroatoms. The van der Waals surface area contributed by atoms with Gasteiger partial charge in [0.05, 0.1) is 11.6 Å². The molecule has 0 saturated heterocycles. The van der Waals surface area contributed by atoms with Crippen LogP contribution in [0.15, 0.2) is 12.3 Å². The fourth-order valence-electron chi connectivity index (χ4n) is 1.64. The SMILES string of the molecule is CCCCC(N)C(=O)c1c(C)ccnc1N. The van der Waals surface area contributed by atoms with Crippen LogP contribution >= 0.6 is 0 Å². The first-order valence-corrected chi connectivity index (χ1v) is 5.58. The van der Waals surface area contributed by atoms with Crippen LogP contribution in [0.5, 0.6) is 0 Å². The minimum atomic E-state index is -0.467. The number of carbonyl (C=O) groups is 1. The number of hydrogen-bond donors (Lipinski definition) is 2. The third kappa shape index (κ3) is 2.79. The van der Waals surface area contributed by atoms with Gasteiger partial charge in [0.15, 0.2) is 5.78 Å². The lowest BCUT2D eigenvalue weighted by atomic mass is 9.98. The number of pyridine rings is 1. The van der Waals surface area contributed by atoms with Gasteiger partial charge in [0.2, 0.25) is 0 Å². The van der Waals surface area contributed by atoms with E-state index in [0.29, 0.717) is 12.0 Å². The second-order valence-electron chi connectivity index (χ2n) is 4.00. The normalized spacial score (nSPS) is 12.4. The van der Waals surface area contributed by atoms with Gasteiger partial charge in [0.1, 0.15) is 5.82 Å². The zero-order valence-electron chi connectivity index (χ0n) is 9.86. The van der Waals surface area contributed by atoms with Crippen molar-refractivity contribution >= 4 is 11.6 Å². The Morgan fingerprint density at radius 3 is 2.81 bits per heavy atom. The maximum Gasteiger partial charge on any atom is 0.183 e. The van der Waals surface area contributed by atoms with Crippen molar-refractivity contribution in [2.24, 2.45) is 5.73 Å². The number of nitrogen functional groups attached to an aromatic ring is 1. The number of aromatic nitrogens is 1. The first-order chi connectivity index (χ1) is 7.57. The molecular weight excluding hydrogens is 202 g/mol. The summed E-state index contributed by atoms with van der Waals surface area (Å²) in [4.78, 5) is 16.0. The summed E-state index contributed by atoms with van der Waals surface area (Å²) in [6.45, 7) is 3.92. The standard InChI is InChI=1S/C12H19N3O/c1-3-4-5-9(13)11(16)10-8(2)6-7-15-12(10)14/h6-7,9H,3-5,13H2,1-2H3,(H2,14,15). The zero-order valence-corrected chi connectivity index (χ0v) is 9.86. The summed E-state index contributed by atoms with van der Waals surface area (Å²) in [5.41, 5.74) is 12.9. The van der Waals surface area contributed by atoms with E-state index in [2.05, 4.69) is 11.9 Å². The van der Waals surface area contributed by atoms with E-state index >= 15 is 0 Å². The second kappa shape index (κ2) is 5.61. The molecule has 0 fully saturated rings. The minimum Gasteiger partial charge on any atom is -0.383 e. The summed E-state index contributed by atoms with van der Waals surface area (Å²) < 4.78 is 0. The quantitative estimate of drug-likeness (QED) is 0.741. The van der Waals surface area contributed by atoms with Crippen molar-refractivity contribution in [2.75, 3.05) is 5.73 Å². The smallest absolute Gasteiger partial charge is 0.183 e. The Morgan fingerprint density at radius 1 is 1.56 bits per heavy atom. The molecule has 0 spiro atoms. The van der Waals surface area contributed by atoms with E-state index in [1.165, 1.54) is 0 Å². The molecule has 0 saturated carbocycles. The van der Waals surface area contributed by atoms with E-state index in [4.69, 9.17) is 11.5 Å². The number of aryl methyl sites for hydroxylation is 1. The molecular formula is C12H19N3O. The number of anilines is 1. The third-order valence-electron chi connectivity index (χ3n) is 2.64. The van der Waals surface area contributed by atoms with Crippen LogP contribution in [0.1, 0.15) is 42.1 Å². The molecule has 0 aliphatic carbocycles. The Hall–Kier alpha value is -1.42. The Kier molecular flexibility index (Phi) is 4.43. The highest BCUT2D eigenvalue weighted by Crippen LogP contribution is 2.16. The van der Waals surface area contributed by atoms with Crippen molar-refractivity contribution in [1.29, 1.82) is 0 Å². The van der Waals surface area contributed by atoms with Gasteiger partial charge in [0, 0.05) is 6.20 Å². The molecule has 88 valence electrons. The maximum atomic E-state index is 12.0. The van der Waals surface area contributed by atoms with Crippen LogP contribution in [0.4, 0.5) is 5.82 Å². The number of hydrogen-bond acceptors (Lipinski definition) is 4. The second-order valence-corrected chi connectivity index (χ2v) is 4.00. The molecule has 1 heterocycles. The topological polar surface area (TPSA) is 82.0 Å². The summed E-state index contributed by atoms with van der Waals surface area (Å²) in [6.07, 6.45) is 4.27. The average Bonchev–Trinajstić information content (AvgIpc) is 2.25. The average molecular weight is 221 g/mol. The van der Waals surface area contributed by atoms with Gasteiger partial charge >= 0.3 is 0 Å². The van der Waals surface area contributed by atoms with Crippen molar-refractivity contribution in [3.63, 3.8) is 0 Å². The molecule has 0 amide bonds. The van der Waals surface area contributed by atoms with Gasteiger partial charge in [-0.1, -0.05) is 19.8 Å². The van der Waals surface area contributed by atoms with Crippen molar-refractivity contribution in [1.82, 2.24) is 4.98 Å². The number of rotatable bonds is 5. The third-order valence-corrected chi connectivity index (χ3v) is 2.64. The fourth-order valence-corrected chi connectivity index (χ4v) is 1.64. The van der Waals surface area contributed by atoms with E-state index in [-0.39, 0.29) is 11.6 Å². The summed E-state index contributed by atoms with van der Waals surface area (Å²) in [6, 6.07) is 1.31. The zero-order chi connectivity index (χ0) is 12.1. The highest BCUT2D eigenvalue weighted by Gasteiger charge is 2.19. The monoisotopic (exact) mass is 221 g/mol. The van der Waals surface area contributed by atoms with Gasteiger partial charge in [0.25, 0.3) is 0 Å². The van der Waals surface area contributed by atoms with Gasteiger partial charge < -0.3 is 11.5 Å². The molecule has 1 unspecified atom stereocenters. The summed E-state index contributed by atoms with van der Waals surface area (Å²) >= 11 is 0. The van der Waals surface area contributed by atoms with Crippen LogP contribution in [0.25, 0.3) is 0 Å². The van der Waals surface area contributed by atoms with Crippen LogP contribution in [0.3, 0.4) is 0 Å². The van der Waals surface area contributed by atoms with Crippen LogP contribution in [0, 0.1) is 6.92 Å². The Balaban J connectivity index is 2.87.